The molecular formula is C19H24N2O3. The molecule has 0 unspecified atom stereocenters. The number of carbonyl (C=O) groups is 1. The lowest BCUT2D eigenvalue weighted by Gasteiger charge is -2.27. The Morgan fingerprint density at radius 2 is 2.17 bits per heavy atom. The first kappa shape index (κ1) is 16.6. The van der Waals surface area contributed by atoms with Gasteiger partial charge in [-0.1, -0.05) is 19.1 Å². The Kier molecular flexibility index (Phi) is 4.35. The van der Waals surface area contributed by atoms with Crippen molar-refractivity contribution in [3.8, 4) is 5.75 Å². The summed E-state index contributed by atoms with van der Waals surface area (Å²) in [5.41, 5.74) is 0.486. The van der Waals surface area contributed by atoms with Gasteiger partial charge in [-0.15, -0.1) is 0 Å². The van der Waals surface area contributed by atoms with Crippen molar-refractivity contribution < 1.29 is 14.3 Å². The number of carbonyl (C=O) groups excluding carboxylic acids is 1. The Morgan fingerprint density at radius 1 is 1.38 bits per heavy atom. The number of hydrogen-bond donors (Lipinski definition) is 0. The monoisotopic (exact) mass is 328 g/mol. The highest BCUT2D eigenvalue weighted by Crippen LogP contribution is 2.34. The third kappa shape index (κ3) is 3.45. The molecule has 0 spiro atoms. The molecule has 0 fully saturated rings. The van der Waals surface area contributed by atoms with Crippen LogP contribution in [0.2, 0.25) is 0 Å². The molecule has 1 atom stereocenters. The summed E-state index contributed by atoms with van der Waals surface area (Å²) >= 11 is 0. The van der Waals surface area contributed by atoms with E-state index in [1.807, 2.05) is 45.2 Å². The largest absolute Gasteiger partial charge is 0.488 e. The maximum atomic E-state index is 12.5. The highest BCUT2D eigenvalue weighted by atomic mass is 16.6. The zero-order valence-electron chi connectivity index (χ0n) is 14.7. The first-order valence-corrected chi connectivity index (χ1v) is 8.37. The molecule has 5 nitrogen and oxygen atoms in total. The summed E-state index contributed by atoms with van der Waals surface area (Å²) in [7, 11) is 0. The van der Waals surface area contributed by atoms with Crippen LogP contribution < -0.4 is 4.74 Å². The van der Waals surface area contributed by atoms with Crippen LogP contribution in [0.1, 0.15) is 39.7 Å². The topological polar surface area (TPSA) is 51.7 Å². The number of nitrogens with zero attached hydrogens (tertiary/aromatic N) is 2. The van der Waals surface area contributed by atoms with Gasteiger partial charge in [0.1, 0.15) is 17.5 Å². The van der Waals surface area contributed by atoms with Crippen LogP contribution in [0, 0.1) is 0 Å². The highest BCUT2D eigenvalue weighted by molar-refractivity contribution is 5.89. The van der Waals surface area contributed by atoms with Crippen LogP contribution in [0.5, 0.6) is 5.75 Å². The molecule has 2 aromatic rings. The van der Waals surface area contributed by atoms with Gasteiger partial charge in [-0.05, 0) is 33.3 Å². The molecule has 0 bridgehead atoms. The summed E-state index contributed by atoms with van der Waals surface area (Å²) in [5, 5.41) is 2.07. The molecule has 1 aliphatic heterocycles. The van der Waals surface area contributed by atoms with Crippen molar-refractivity contribution in [2.45, 2.75) is 52.4 Å². The average Bonchev–Trinajstić information content (AvgIpc) is 2.72. The van der Waals surface area contributed by atoms with Crippen LogP contribution in [0.3, 0.4) is 0 Å². The molecule has 0 aliphatic carbocycles. The van der Waals surface area contributed by atoms with Crippen molar-refractivity contribution in [1.82, 2.24) is 9.88 Å². The molecule has 0 saturated carbocycles. The third-order valence-corrected chi connectivity index (χ3v) is 4.03. The smallest absolute Gasteiger partial charge is 0.410 e. The van der Waals surface area contributed by atoms with E-state index in [0.29, 0.717) is 13.1 Å². The zero-order valence-corrected chi connectivity index (χ0v) is 14.7. The number of pyridine rings is 1. The number of benzene rings is 1. The summed E-state index contributed by atoms with van der Waals surface area (Å²) in [6.07, 6.45) is 4.06. The minimum Gasteiger partial charge on any atom is -0.488 e. The lowest BCUT2D eigenvalue weighted by molar-refractivity contribution is 0.0177. The van der Waals surface area contributed by atoms with Gasteiger partial charge >= 0.3 is 6.09 Å². The number of ether oxygens (including phenoxy) is 2. The van der Waals surface area contributed by atoms with E-state index in [9.17, 15) is 4.79 Å². The first-order valence-electron chi connectivity index (χ1n) is 8.37. The molecule has 1 aromatic carbocycles. The van der Waals surface area contributed by atoms with Crippen LogP contribution in [0.25, 0.3) is 10.8 Å². The SMILES string of the molecule is CC[C@@H]1CN(C(=O)OC(C)(C)C)Cc2ccc3cnccc3c2O1. The van der Waals surface area contributed by atoms with Crippen LogP contribution in [-0.2, 0) is 11.3 Å². The fourth-order valence-corrected chi connectivity index (χ4v) is 2.85. The fourth-order valence-electron chi connectivity index (χ4n) is 2.85. The van der Waals surface area contributed by atoms with Crippen molar-refractivity contribution in [3.05, 3.63) is 36.2 Å². The van der Waals surface area contributed by atoms with Crippen LogP contribution in [-0.4, -0.2) is 34.2 Å². The van der Waals surface area contributed by atoms with Crippen molar-refractivity contribution in [2.75, 3.05) is 6.54 Å². The predicted octanol–water partition coefficient (Wildman–Crippen LogP) is 4.14. The maximum absolute atomic E-state index is 12.5. The van der Waals surface area contributed by atoms with Gasteiger partial charge in [0.25, 0.3) is 0 Å². The van der Waals surface area contributed by atoms with Gasteiger partial charge in [-0.25, -0.2) is 4.79 Å². The predicted molar refractivity (Wildman–Crippen MR) is 93.1 cm³/mol. The van der Waals surface area contributed by atoms with Gasteiger partial charge < -0.3 is 14.4 Å². The average molecular weight is 328 g/mol. The standard InChI is InChI=1S/C19H24N2O3/c1-5-15-12-21(18(22)24-19(2,3)4)11-14-7-6-13-10-20-9-8-16(13)17(14)23-15/h6-10,15H,5,11-12H2,1-4H3/t15-/m1/s1. The van der Waals surface area contributed by atoms with E-state index in [-0.39, 0.29) is 12.2 Å². The number of fused-ring (bicyclic) bond motifs is 3. The second-order valence-corrected chi connectivity index (χ2v) is 7.16. The number of hydrogen-bond acceptors (Lipinski definition) is 4. The van der Waals surface area contributed by atoms with E-state index in [1.54, 1.807) is 11.1 Å². The molecule has 1 amide bonds. The number of amides is 1. The summed E-state index contributed by atoms with van der Waals surface area (Å²) in [5.74, 6) is 0.854. The molecular weight excluding hydrogens is 304 g/mol. The second-order valence-electron chi connectivity index (χ2n) is 7.16. The first-order chi connectivity index (χ1) is 11.4. The van der Waals surface area contributed by atoms with Crippen LogP contribution in [0.15, 0.2) is 30.6 Å². The molecule has 0 N–H and O–H groups in total. The zero-order chi connectivity index (χ0) is 17.3. The van der Waals surface area contributed by atoms with Crippen molar-refractivity contribution in [3.63, 3.8) is 0 Å². The van der Waals surface area contributed by atoms with Crippen molar-refractivity contribution >= 4 is 16.9 Å². The molecule has 1 aromatic heterocycles. The summed E-state index contributed by atoms with van der Waals surface area (Å²) in [4.78, 5) is 18.4. The summed E-state index contributed by atoms with van der Waals surface area (Å²) < 4.78 is 11.8. The highest BCUT2D eigenvalue weighted by Gasteiger charge is 2.29. The lowest BCUT2D eigenvalue weighted by Crippen LogP contribution is -2.40. The Hall–Kier alpha value is -2.30. The Bertz CT molecular complexity index is 752. The fraction of sp³-hybridized carbons (Fsp3) is 0.474. The number of aromatic nitrogens is 1. The third-order valence-electron chi connectivity index (χ3n) is 4.03. The summed E-state index contributed by atoms with van der Waals surface area (Å²) in [6, 6.07) is 5.99. The molecule has 3 rings (SSSR count). The molecule has 2 heterocycles. The number of rotatable bonds is 1. The van der Waals surface area contributed by atoms with Crippen molar-refractivity contribution in [1.29, 1.82) is 0 Å². The van der Waals surface area contributed by atoms with Crippen LogP contribution >= 0.6 is 0 Å². The van der Waals surface area contributed by atoms with Crippen molar-refractivity contribution in [2.24, 2.45) is 0 Å². The maximum Gasteiger partial charge on any atom is 0.410 e. The van der Waals surface area contributed by atoms with E-state index >= 15 is 0 Å². The van der Waals surface area contributed by atoms with Gasteiger partial charge in [0.2, 0.25) is 0 Å². The van der Waals surface area contributed by atoms with Gasteiger partial charge in [0.05, 0.1) is 13.1 Å². The van der Waals surface area contributed by atoms with E-state index < -0.39 is 5.60 Å². The Morgan fingerprint density at radius 3 is 2.88 bits per heavy atom. The summed E-state index contributed by atoms with van der Waals surface area (Å²) in [6.45, 7) is 8.71. The normalized spacial score (nSPS) is 17.8. The second kappa shape index (κ2) is 6.30. The van der Waals surface area contributed by atoms with E-state index in [1.165, 1.54) is 0 Å². The molecule has 5 heteroatoms. The molecule has 0 radical (unpaired) electrons. The van der Waals surface area contributed by atoms with E-state index in [4.69, 9.17) is 9.47 Å². The minimum absolute atomic E-state index is 0.0578. The molecule has 0 saturated heterocycles. The van der Waals surface area contributed by atoms with Gasteiger partial charge in [0, 0.05) is 28.7 Å². The Balaban J connectivity index is 1.98. The van der Waals surface area contributed by atoms with Gasteiger partial charge in [0.15, 0.2) is 0 Å². The van der Waals surface area contributed by atoms with Crippen LogP contribution in [0.4, 0.5) is 4.79 Å². The van der Waals surface area contributed by atoms with E-state index in [0.717, 1.165) is 28.5 Å². The quantitative estimate of drug-likeness (QED) is 0.789. The Labute approximate surface area is 142 Å². The lowest BCUT2D eigenvalue weighted by atomic mass is 10.1. The molecule has 1 aliphatic rings. The van der Waals surface area contributed by atoms with Gasteiger partial charge in [-0.3, -0.25) is 4.98 Å². The minimum atomic E-state index is -0.510. The van der Waals surface area contributed by atoms with E-state index in [2.05, 4.69) is 11.9 Å². The molecule has 128 valence electrons. The van der Waals surface area contributed by atoms with Gasteiger partial charge in [-0.2, -0.15) is 0 Å². The molecule has 24 heavy (non-hydrogen) atoms.